The second-order valence-electron chi connectivity index (χ2n) is 9.44. The first-order valence-electron chi connectivity index (χ1n) is 12.3. The molecule has 2 amide bonds. The normalized spacial score (nSPS) is 16.5. The van der Waals surface area contributed by atoms with Gasteiger partial charge in [-0.25, -0.2) is 0 Å². The molecule has 0 saturated carbocycles. The van der Waals surface area contributed by atoms with Crippen LogP contribution in [0, 0.1) is 0 Å². The number of carbonyl (C=O) groups excluding carboxylic acids is 2. The lowest BCUT2D eigenvalue weighted by Crippen LogP contribution is -2.51. The highest BCUT2D eigenvalue weighted by atomic mass is 35.5. The zero-order valence-corrected chi connectivity index (χ0v) is 20.8. The predicted molar refractivity (Wildman–Crippen MR) is 142 cm³/mol. The van der Waals surface area contributed by atoms with Crippen LogP contribution in [0.4, 0.5) is 5.69 Å². The molecule has 0 aliphatic carbocycles. The molecule has 0 spiro atoms. The van der Waals surface area contributed by atoms with Crippen molar-refractivity contribution in [3.8, 4) is 0 Å². The third-order valence-corrected chi connectivity index (χ3v) is 7.62. The SMILES string of the molecule is CN1c2ccccc2C(=O)N2CCc3c(n(CCC(=O)NCc4ccc(Cl)cc4)c4ccccc34)C21. The summed E-state index contributed by atoms with van der Waals surface area (Å²) in [6.07, 6.45) is 0.935. The lowest BCUT2D eigenvalue weighted by Gasteiger charge is -2.46. The number of rotatable bonds is 5. The molecule has 7 heteroatoms. The smallest absolute Gasteiger partial charge is 0.257 e. The Hall–Kier alpha value is -3.77. The van der Waals surface area contributed by atoms with Gasteiger partial charge in [0.25, 0.3) is 5.91 Å². The van der Waals surface area contributed by atoms with E-state index < -0.39 is 0 Å². The largest absolute Gasteiger partial charge is 0.352 e. The van der Waals surface area contributed by atoms with E-state index >= 15 is 0 Å². The number of para-hydroxylation sites is 2. The van der Waals surface area contributed by atoms with E-state index in [0.29, 0.717) is 31.1 Å². The van der Waals surface area contributed by atoms with E-state index in [1.807, 2.05) is 59.5 Å². The Morgan fingerprint density at radius 2 is 1.78 bits per heavy atom. The van der Waals surface area contributed by atoms with Crippen LogP contribution >= 0.6 is 11.6 Å². The van der Waals surface area contributed by atoms with E-state index in [2.05, 4.69) is 40.0 Å². The van der Waals surface area contributed by atoms with Crippen molar-refractivity contribution in [3.63, 3.8) is 0 Å². The van der Waals surface area contributed by atoms with Crippen molar-refractivity contribution in [2.45, 2.75) is 32.1 Å². The highest BCUT2D eigenvalue weighted by Gasteiger charge is 2.42. The van der Waals surface area contributed by atoms with Crippen molar-refractivity contribution in [1.82, 2.24) is 14.8 Å². The standard InChI is InChI=1S/C29H27ClN4O2/c1-32-24-8-4-3-7-23(24)29(36)34-16-14-22-21-6-2-5-9-25(21)33(27(22)28(32)34)17-15-26(35)31-18-19-10-12-20(30)13-11-19/h2-13,28H,14-18H2,1H3,(H,31,35). The van der Waals surface area contributed by atoms with E-state index in [0.717, 1.165) is 34.4 Å². The number of aryl methyl sites for hydroxylation is 1. The van der Waals surface area contributed by atoms with Gasteiger partial charge in [0, 0.05) is 49.0 Å². The van der Waals surface area contributed by atoms with Gasteiger partial charge < -0.3 is 19.7 Å². The van der Waals surface area contributed by atoms with Crippen molar-refractivity contribution < 1.29 is 9.59 Å². The van der Waals surface area contributed by atoms with Crippen LogP contribution in [0.15, 0.2) is 72.8 Å². The van der Waals surface area contributed by atoms with Crippen molar-refractivity contribution >= 4 is 40.0 Å². The van der Waals surface area contributed by atoms with Crippen LogP contribution in [0.3, 0.4) is 0 Å². The number of nitrogens with one attached hydrogen (secondary N) is 1. The van der Waals surface area contributed by atoms with Gasteiger partial charge in [0.1, 0.15) is 6.17 Å². The minimum Gasteiger partial charge on any atom is -0.352 e. The maximum atomic E-state index is 13.5. The Morgan fingerprint density at radius 3 is 2.61 bits per heavy atom. The molecule has 4 aromatic rings. The summed E-state index contributed by atoms with van der Waals surface area (Å²) in [5.41, 5.74) is 6.17. The fraction of sp³-hybridized carbons (Fsp3) is 0.241. The number of carbonyl (C=O) groups is 2. The fourth-order valence-electron chi connectivity index (χ4n) is 5.65. The van der Waals surface area contributed by atoms with Gasteiger partial charge in [-0.3, -0.25) is 9.59 Å². The molecular weight excluding hydrogens is 472 g/mol. The van der Waals surface area contributed by atoms with E-state index in [1.165, 1.54) is 10.9 Å². The number of aromatic nitrogens is 1. The van der Waals surface area contributed by atoms with Gasteiger partial charge in [-0.05, 0) is 47.9 Å². The predicted octanol–water partition coefficient (Wildman–Crippen LogP) is 5.15. The maximum Gasteiger partial charge on any atom is 0.257 e. The zero-order chi connectivity index (χ0) is 24.8. The van der Waals surface area contributed by atoms with Gasteiger partial charge in [-0.15, -0.1) is 0 Å². The van der Waals surface area contributed by atoms with Gasteiger partial charge in [0.2, 0.25) is 5.91 Å². The van der Waals surface area contributed by atoms with E-state index in [9.17, 15) is 9.59 Å². The molecule has 6 nitrogen and oxygen atoms in total. The number of amides is 2. The van der Waals surface area contributed by atoms with Crippen LogP contribution in [-0.4, -0.2) is 34.9 Å². The Balaban J connectivity index is 1.32. The highest BCUT2D eigenvalue weighted by molar-refractivity contribution is 6.30. The Labute approximate surface area is 215 Å². The van der Waals surface area contributed by atoms with E-state index in [4.69, 9.17) is 11.6 Å². The van der Waals surface area contributed by atoms with Gasteiger partial charge in [-0.2, -0.15) is 0 Å². The molecule has 0 fully saturated rings. The summed E-state index contributed by atoms with van der Waals surface area (Å²) in [4.78, 5) is 30.4. The molecule has 3 heterocycles. The highest BCUT2D eigenvalue weighted by Crippen LogP contribution is 2.44. The van der Waals surface area contributed by atoms with Crippen molar-refractivity contribution in [2.75, 3.05) is 18.5 Å². The van der Waals surface area contributed by atoms with Crippen LogP contribution in [0.1, 0.15) is 39.8 Å². The molecule has 0 saturated heterocycles. The lowest BCUT2D eigenvalue weighted by atomic mass is 9.96. The quantitative estimate of drug-likeness (QED) is 0.414. The fourth-order valence-corrected chi connectivity index (χ4v) is 5.78. The number of benzene rings is 3. The summed E-state index contributed by atoms with van der Waals surface area (Å²) in [5, 5.41) is 4.90. The Morgan fingerprint density at radius 1 is 1.03 bits per heavy atom. The minimum atomic E-state index is -0.208. The second-order valence-corrected chi connectivity index (χ2v) is 9.87. The number of halogens is 1. The van der Waals surface area contributed by atoms with Crippen LogP contribution in [0.2, 0.25) is 5.02 Å². The molecule has 0 radical (unpaired) electrons. The third kappa shape index (κ3) is 3.73. The topological polar surface area (TPSA) is 57.6 Å². The molecule has 36 heavy (non-hydrogen) atoms. The molecule has 1 atom stereocenters. The maximum absolute atomic E-state index is 13.5. The molecule has 1 N–H and O–H groups in total. The Kier molecular flexibility index (Phi) is 5.69. The van der Waals surface area contributed by atoms with Crippen LogP contribution in [0.5, 0.6) is 0 Å². The zero-order valence-electron chi connectivity index (χ0n) is 20.1. The minimum absolute atomic E-state index is 0.0115. The van der Waals surface area contributed by atoms with E-state index in [-0.39, 0.29) is 18.0 Å². The van der Waals surface area contributed by atoms with Crippen LogP contribution < -0.4 is 10.2 Å². The van der Waals surface area contributed by atoms with Gasteiger partial charge in [0.15, 0.2) is 0 Å². The first-order chi connectivity index (χ1) is 17.5. The molecule has 6 rings (SSSR count). The van der Waals surface area contributed by atoms with Crippen LogP contribution in [0.25, 0.3) is 10.9 Å². The number of nitrogens with zero attached hydrogens (tertiary/aromatic N) is 3. The average molecular weight is 499 g/mol. The lowest BCUT2D eigenvalue weighted by molar-refractivity contribution is -0.121. The summed E-state index contributed by atoms with van der Waals surface area (Å²) in [6.45, 7) is 1.67. The summed E-state index contributed by atoms with van der Waals surface area (Å²) in [6, 6.07) is 23.7. The van der Waals surface area contributed by atoms with E-state index in [1.54, 1.807) is 0 Å². The van der Waals surface area contributed by atoms with Crippen molar-refractivity contribution in [3.05, 3.63) is 100 Å². The molecule has 1 unspecified atom stereocenters. The molecule has 0 bridgehead atoms. The second kappa shape index (κ2) is 9.03. The average Bonchev–Trinajstić information content (AvgIpc) is 3.23. The van der Waals surface area contributed by atoms with Crippen LogP contribution in [-0.2, 0) is 24.3 Å². The number of anilines is 1. The summed E-state index contributed by atoms with van der Waals surface area (Å²) >= 11 is 5.96. The van der Waals surface area contributed by atoms with Crippen molar-refractivity contribution in [1.29, 1.82) is 0 Å². The monoisotopic (exact) mass is 498 g/mol. The number of hydrogen-bond acceptors (Lipinski definition) is 3. The van der Waals surface area contributed by atoms with Gasteiger partial charge in [-0.1, -0.05) is 54.1 Å². The molecule has 182 valence electrons. The van der Waals surface area contributed by atoms with Crippen molar-refractivity contribution in [2.24, 2.45) is 0 Å². The summed E-state index contributed by atoms with van der Waals surface area (Å²) in [5.74, 6) is 0.0550. The van der Waals surface area contributed by atoms with Gasteiger partial charge in [0.05, 0.1) is 16.9 Å². The summed E-state index contributed by atoms with van der Waals surface area (Å²) < 4.78 is 2.25. The summed E-state index contributed by atoms with van der Waals surface area (Å²) in [7, 11) is 2.05. The van der Waals surface area contributed by atoms with Gasteiger partial charge >= 0.3 is 0 Å². The molecule has 3 aromatic carbocycles. The number of hydrogen-bond donors (Lipinski definition) is 1. The molecular formula is C29H27ClN4O2. The first-order valence-corrected chi connectivity index (χ1v) is 12.6. The molecule has 1 aromatic heterocycles. The third-order valence-electron chi connectivity index (χ3n) is 7.37. The molecule has 2 aliphatic rings. The molecule has 2 aliphatic heterocycles. The first kappa shape index (κ1) is 22.7. The number of fused-ring (bicyclic) bond motifs is 6. The Bertz CT molecular complexity index is 1480.